The molecule has 1 aliphatic carbocycles. The summed E-state index contributed by atoms with van der Waals surface area (Å²) in [5.41, 5.74) is 1.39. The molecule has 0 bridgehead atoms. The smallest absolute Gasteiger partial charge is 0.0527 e. The average molecular weight is 178 g/mol. The number of hydrogen-bond donors (Lipinski definition) is 0. The van der Waals surface area contributed by atoms with Crippen LogP contribution in [-0.4, -0.2) is 9.78 Å². The Balaban J connectivity index is 2.16. The molecule has 1 heterocycles. The maximum Gasteiger partial charge on any atom is 0.0527 e. The molecule has 1 aliphatic rings. The van der Waals surface area contributed by atoms with Crippen molar-refractivity contribution in [1.82, 2.24) is 9.78 Å². The molecule has 2 heteroatoms. The molecule has 2 nitrogen and oxygen atoms in total. The van der Waals surface area contributed by atoms with Crippen LogP contribution >= 0.6 is 0 Å². The van der Waals surface area contributed by atoms with E-state index in [4.69, 9.17) is 0 Å². The van der Waals surface area contributed by atoms with Gasteiger partial charge >= 0.3 is 0 Å². The third-order valence-electron chi connectivity index (χ3n) is 2.99. The fraction of sp³-hybridized carbons (Fsp3) is 0.727. The predicted molar refractivity (Wildman–Crippen MR) is 53.8 cm³/mol. The van der Waals surface area contributed by atoms with E-state index in [0.717, 1.165) is 5.92 Å². The van der Waals surface area contributed by atoms with Gasteiger partial charge in [-0.25, -0.2) is 0 Å². The third-order valence-corrected chi connectivity index (χ3v) is 2.99. The first kappa shape index (κ1) is 8.79. The van der Waals surface area contributed by atoms with E-state index in [1.165, 1.54) is 18.5 Å². The summed E-state index contributed by atoms with van der Waals surface area (Å²) in [5.74, 6) is 1.49. The SMILES string of the molecule is CC1CC(n2nccc2C(C)C)C1. The Kier molecular flexibility index (Phi) is 2.14. The zero-order chi connectivity index (χ0) is 9.42. The van der Waals surface area contributed by atoms with E-state index in [9.17, 15) is 0 Å². The molecule has 0 radical (unpaired) electrons. The lowest BCUT2D eigenvalue weighted by atomic mass is 9.82. The summed E-state index contributed by atoms with van der Waals surface area (Å²) < 4.78 is 2.23. The summed E-state index contributed by atoms with van der Waals surface area (Å²) in [6.45, 7) is 6.78. The minimum atomic E-state index is 0.596. The zero-order valence-electron chi connectivity index (χ0n) is 8.70. The molecule has 0 spiro atoms. The van der Waals surface area contributed by atoms with Gasteiger partial charge in [0.05, 0.1) is 6.04 Å². The van der Waals surface area contributed by atoms with Crippen LogP contribution in [-0.2, 0) is 0 Å². The normalized spacial score (nSPS) is 27.7. The lowest BCUT2D eigenvalue weighted by Crippen LogP contribution is -2.27. The average Bonchev–Trinajstić information content (AvgIpc) is 2.45. The van der Waals surface area contributed by atoms with Gasteiger partial charge in [-0.15, -0.1) is 0 Å². The second-order valence-corrected chi connectivity index (χ2v) is 4.59. The minimum Gasteiger partial charge on any atom is -0.266 e. The largest absolute Gasteiger partial charge is 0.266 e. The van der Waals surface area contributed by atoms with Gasteiger partial charge in [-0.3, -0.25) is 4.68 Å². The summed E-state index contributed by atoms with van der Waals surface area (Å²) in [6.07, 6.45) is 4.54. The molecule has 0 atom stereocenters. The van der Waals surface area contributed by atoms with Gasteiger partial charge in [0.15, 0.2) is 0 Å². The molecular weight excluding hydrogens is 160 g/mol. The van der Waals surface area contributed by atoms with Crippen molar-refractivity contribution in [2.45, 2.75) is 45.6 Å². The second kappa shape index (κ2) is 3.17. The third kappa shape index (κ3) is 1.50. The summed E-state index contributed by atoms with van der Waals surface area (Å²) in [5, 5.41) is 4.41. The molecule has 0 unspecified atom stereocenters. The zero-order valence-corrected chi connectivity index (χ0v) is 8.70. The summed E-state index contributed by atoms with van der Waals surface area (Å²) in [4.78, 5) is 0. The van der Waals surface area contributed by atoms with Crippen LogP contribution in [0.25, 0.3) is 0 Å². The first-order valence-electron chi connectivity index (χ1n) is 5.22. The molecule has 1 fully saturated rings. The highest BCUT2D eigenvalue weighted by Crippen LogP contribution is 2.38. The quantitative estimate of drug-likeness (QED) is 0.680. The first-order valence-corrected chi connectivity index (χ1v) is 5.22. The topological polar surface area (TPSA) is 17.8 Å². The summed E-state index contributed by atoms with van der Waals surface area (Å²) >= 11 is 0. The van der Waals surface area contributed by atoms with Crippen molar-refractivity contribution >= 4 is 0 Å². The number of hydrogen-bond acceptors (Lipinski definition) is 1. The molecule has 0 aromatic carbocycles. The molecule has 0 saturated heterocycles. The maximum atomic E-state index is 4.41. The van der Waals surface area contributed by atoms with Gasteiger partial charge in [-0.2, -0.15) is 5.10 Å². The highest BCUT2D eigenvalue weighted by molar-refractivity contribution is 5.07. The van der Waals surface area contributed by atoms with E-state index in [2.05, 4.69) is 36.6 Å². The van der Waals surface area contributed by atoms with Gasteiger partial charge in [0.25, 0.3) is 0 Å². The van der Waals surface area contributed by atoms with E-state index in [1.54, 1.807) is 0 Å². The van der Waals surface area contributed by atoms with Gasteiger partial charge in [0, 0.05) is 11.9 Å². The van der Waals surface area contributed by atoms with E-state index in [-0.39, 0.29) is 0 Å². The Bertz CT molecular complexity index is 282. The van der Waals surface area contributed by atoms with Gasteiger partial charge in [-0.1, -0.05) is 20.8 Å². The fourth-order valence-electron chi connectivity index (χ4n) is 2.15. The Hall–Kier alpha value is -0.790. The predicted octanol–water partition coefficient (Wildman–Crippen LogP) is 2.98. The van der Waals surface area contributed by atoms with Crippen molar-refractivity contribution in [3.05, 3.63) is 18.0 Å². The molecule has 13 heavy (non-hydrogen) atoms. The van der Waals surface area contributed by atoms with Crippen LogP contribution in [0.4, 0.5) is 0 Å². The molecule has 0 aliphatic heterocycles. The Morgan fingerprint density at radius 2 is 2.15 bits per heavy atom. The summed E-state index contributed by atoms with van der Waals surface area (Å²) in [6, 6.07) is 2.83. The lowest BCUT2D eigenvalue weighted by molar-refractivity contribution is 0.195. The van der Waals surface area contributed by atoms with Crippen LogP contribution in [0.1, 0.15) is 51.3 Å². The van der Waals surface area contributed by atoms with Gasteiger partial charge in [0.2, 0.25) is 0 Å². The van der Waals surface area contributed by atoms with Gasteiger partial charge in [0.1, 0.15) is 0 Å². The standard InChI is InChI=1S/C11H18N2/c1-8(2)11-4-5-12-13(11)10-6-9(3)7-10/h4-5,8-10H,6-7H2,1-3H3. The lowest BCUT2D eigenvalue weighted by Gasteiger charge is -2.34. The molecule has 1 aromatic rings. The molecule has 2 rings (SSSR count). The number of nitrogens with zero attached hydrogens (tertiary/aromatic N) is 2. The molecule has 72 valence electrons. The molecular formula is C11H18N2. The Morgan fingerprint density at radius 1 is 1.46 bits per heavy atom. The van der Waals surface area contributed by atoms with Crippen LogP contribution in [0.3, 0.4) is 0 Å². The van der Waals surface area contributed by atoms with Crippen LogP contribution in [0.2, 0.25) is 0 Å². The molecule has 0 amide bonds. The fourth-order valence-corrected chi connectivity index (χ4v) is 2.15. The van der Waals surface area contributed by atoms with Crippen molar-refractivity contribution in [3.63, 3.8) is 0 Å². The van der Waals surface area contributed by atoms with E-state index < -0.39 is 0 Å². The number of rotatable bonds is 2. The molecule has 1 aromatic heterocycles. The van der Waals surface area contributed by atoms with Gasteiger partial charge < -0.3 is 0 Å². The summed E-state index contributed by atoms with van der Waals surface area (Å²) in [7, 11) is 0. The molecule has 0 N–H and O–H groups in total. The van der Waals surface area contributed by atoms with E-state index in [0.29, 0.717) is 12.0 Å². The Labute approximate surface area is 80.0 Å². The van der Waals surface area contributed by atoms with Crippen LogP contribution < -0.4 is 0 Å². The van der Waals surface area contributed by atoms with E-state index in [1.807, 2.05) is 6.20 Å². The van der Waals surface area contributed by atoms with Crippen molar-refractivity contribution in [2.24, 2.45) is 5.92 Å². The molecule has 1 saturated carbocycles. The highest BCUT2D eigenvalue weighted by Gasteiger charge is 2.28. The first-order chi connectivity index (χ1) is 6.18. The maximum absolute atomic E-state index is 4.41. The number of aromatic nitrogens is 2. The monoisotopic (exact) mass is 178 g/mol. The second-order valence-electron chi connectivity index (χ2n) is 4.59. The van der Waals surface area contributed by atoms with Crippen molar-refractivity contribution in [2.75, 3.05) is 0 Å². The highest BCUT2D eigenvalue weighted by atomic mass is 15.3. The van der Waals surface area contributed by atoms with Gasteiger partial charge in [-0.05, 0) is 30.7 Å². The van der Waals surface area contributed by atoms with Crippen LogP contribution in [0.5, 0.6) is 0 Å². The Morgan fingerprint density at radius 3 is 2.69 bits per heavy atom. The van der Waals surface area contributed by atoms with Crippen molar-refractivity contribution in [3.8, 4) is 0 Å². The van der Waals surface area contributed by atoms with Crippen LogP contribution in [0, 0.1) is 5.92 Å². The van der Waals surface area contributed by atoms with Crippen molar-refractivity contribution in [1.29, 1.82) is 0 Å². The van der Waals surface area contributed by atoms with Crippen LogP contribution in [0.15, 0.2) is 12.3 Å². The minimum absolute atomic E-state index is 0.596. The van der Waals surface area contributed by atoms with Crippen molar-refractivity contribution < 1.29 is 0 Å². The van der Waals surface area contributed by atoms with E-state index >= 15 is 0 Å².